The summed E-state index contributed by atoms with van der Waals surface area (Å²) < 4.78 is 0. The third-order valence-electron chi connectivity index (χ3n) is 3.77. The third-order valence-corrected chi connectivity index (χ3v) is 4.63. The lowest BCUT2D eigenvalue weighted by Gasteiger charge is -2.26. The van der Waals surface area contributed by atoms with E-state index in [-0.39, 0.29) is 48.1 Å². The zero-order chi connectivity index (χ0) is 15.9. The Morgan fingerprint density at radius 2 is 1.95 bits per heavy atom. The number of hydrogen-bond donors (Lipinski definition) is 2. The molecular weight excluding hydrogens is 306 g/mol. The maximum Gasteiger partial charge on any atom is 0.288 e. The molecule has 0 bridgehead atoms. The average molecular weight is 327 g/mol. The lowest BCUT2D eigenvalue weighted by atomic mass is 9.93. The van der Waals surface area contributed by atoms with Crippen LogP contribution in [0.1, 0.15) is 38.5 Å². The molecule has 0 aromatic carbocycles. The van der Waals surface area contributed by atoms with Crippen LogP contribution in [0.25, 0.3) is 0 Å². The van der Waals surface area contributed by atoms with Crippen molar-refractivity contribution in [2.45, 2.75) is 44.6 Å². The Hall–Kier alpha value is -1.57. The Bertz CT molecular complexity index is 449. The molecule has 4 amide bonds. The highest BCUT2D eigenvalue weighted by molar-refractivity contribution is 8.14. The summed E-state index contributed by atoms with van der Waals surface area (Å²) in [6, 6.07) is 0.316. The molecule has 0 spiro atoms. The van der Waals surface area contributed by atoms with Crippen molar-refractivity contribution in [3.63, 3.8) is 0 Å². The summed E-state index contributed by atoms with van der Waals surface area (Å²) in [5.41, 5.74) is 0. The summed E-state index contributed by atoms with van der Waals surface area (Å²) in [6.45, 7) is 0.592. The Labute approximate surface area is 133 Å². The van der Waals surface area contributed by atoms with Crippen LogP contribution in [0.4, 0.5) is 4.79 Å². The number of imide groups is 1. The summed E-state index contributed by atoms with van der Waals surface area (Å²) in [5, 5.41) is 5.35. The highest BCUT2D eigenvalue weighted by atomic mass is 32.2. The molecule has 22 heavy (non-hydrogen) atoms. The summed E-state index contributed by atoms with van der Waals surface area (Å²) in [7, 11) is 0. The summed E-state index contributed by atoms with van der Waals surface area (Å²) in [6.07, 6.45) is 4.23. The molecule has 1 heterocycles. The number of thioether (sulfide) groups is 1. The minimum atomic E-state index is -0.238. The predicted molar refractivity (Wildman–Crippen MR) is 82.2 cm³/mol. The first-order valence-electron chi connectivity index (χ1n) is 7.59. The molecule has 0 aromatic heterocycles. The zero-order valence-electron chi connectivity index (χ0n) is 12.4. The van der Waals surface area contributed by atoms with Crippen LogP contribution in [-0.2, 0) is 14.4 Å². The van der Waals surface area contributed by atoms with Gasteiger partial charge in [0.25, 0.3) is 5.24 Å². The Morgan fingerprint density at radius 1 is 1.18 bits per heavy atom. The molecule has 2 rings (SSSR count). The maximum absolute atomic E-state index is 11.6. The van der Waals surface area contributed by atoms with Crippen molar-refractivity contribution >= 4 is 34.7 Å². The van der Waals surface area contributed by atoms with Crippen LogP contribution in [0.5, 0.6) is 0 Å². The van der Waals surface area contributed by atoms with Crippen LogP contribution >= 0.6 is 11.8 Å². The summed E-state index contributed by atoms with van der Waals surface area (Å²) in [5.74, 6) is -0.192. The second-order valence-corrected chi connectivity index (χ2v) is 6.43. The van der Waals surface area contributed by atoms with Gasteiger partial charge >= 0.3 is 0 Å². The fourth-order valence-corrected chi connectivity index (χ4v) is 3.00. The van der Waals surface area contributed by atoms with E-state index in [4.69, 9.17) is 0 Å². The first-order chi connectivity index (χ1) is 10.6. The van der Waals surface area contributed by atoms with E-state index in [9.17, 15) is 19.2 Å². The van der Waals surface area contributed by atoms with E-state index in [0.29, 0.717) is 19.0 Å². The van der Waals surface area contributed by atoms with Gasteiger partial charge in [0.05, 0.1) is 5.75 Å². The number of carbonyl (C=O) groups excluding carboxylic acids is 4. The largest absolute Gasteiger partial charge is 0.356 e. The van der Waals surface area contributed by atoms with Gasteiger partial charge in [-0.1, -0.05) is 11.8 Å². The van der Waals surface area contributed by atoms with Crippen LogP contribution in [0.3, 0.4) is 0 Å². The quantitative estimate of drug-likeness (QED) is 0.682. The van der Waals surface area contributed by atoms with E-state index >= 15 is 0 Å². The number of hydrogen-bond acceptors (Lipinski definition) is 5. The average Bonchev–Trinajstić information content (AvgIpc) is 2.74. The molecule has 0 radical (unpaired) electrons. The van der Waals surface area contributed by atoms with E-state index in [0.717, 1.165) is 24.6 Å². The van der Waals surface area contributed by atoms with Gasteiger partial charge in [-0.2, -0.15) is 0 Å². The molecule has 0 aromatic rings. The Morgan fingerprint density at radius 3 is 2.55 bits per heavy atom. The number of nitrogens with zero attached hydrogens (tertiary/aromatic N) is 1. The summed E-state index contributed by atoms with van der Waals surface area (Å²) >= 11 is 0.993. The third kappa shape index (κ3) is 5.01. The molecule has 1 aliphatic heterocycles. The molecule has 2 aliphatic rings. The standard InChI is InChI=1S/C14H21N3O4S/c18-11(5-2-8-17-13(20)9-22-14(17)21)15-7-6-12(19)16-10-3-1-4-10/h10H,1-9H2,(H,15,18)(H,16,19). The number of amides is 4. The molecule has 0 unspecified atom stereocenters. The molecule has 1 saturated carbocycles. The first kappa shape index (κ1) is 16.8. The van der Waals surface area contributed by atoms with Crippen molar-refractivity contribution in [1.82, 2.24) is 15.5 Å². The van der Waals surface area contributed by atoms with Crippen LogP contribution in [0.15, 0.2) is 0 Å². The van der Waals surface area contributed by atoms with Gasteiger partial charge < -0.3 is 10.6 Å². The van der Waals surface area contributed by atoms with Crippen molar-refractivity contribution in [1.29, 1.82) is 0 Å². The van der Waals surface area contributed by atoms with Gasteiger partial charge in [-0.05, 0) is 25.7 Å². The van der Waals surface area contributed by atoms with Crippen molar-refractivity contribution < 1.29 is 19.2 Å². The minimum Gasteiger partial charge on any atom is -0.356 e. The first-order valence-corrected chi connectivity index (χ1v) is 8.58. The maximum atomic E-state index is 11.6. The van der Waals surface area contributed by atoms with E-state index in [2.05, 4.69) is 10.6 Å². The number of nitrogens with one attached hydrogen (secondary N) is 2. The van der Waals surface area contributed by atoms with Gasteiger partial charge in [0, 0.05) is 32.0 Å². The molecule has 8 heteroatoms. The smallest absolute Gasteiger partial charge is 0.288 e. The highest BCUT2D eigenvalue weighted by Crippen LogP contribution is 2.19. The lowest BCUT2D eigenvalue weighted by Crippen LogP contribution is -2.40. The fourth-order valence-electron chi connectivity index (χ4n) is 2.25. The van der Waals surface area contributed by atoms with Crippen molar-refractivity contribution in [2.75, 3.05) is 18.8 Å². The van der Waals surface area contributed by atoms with Crippen LogP contribution in [0, 0.1) is 0 Å². The van der Waals surface area contributed by atoms with Crippen molar-refractivity contribution in [3.05, 3.63) is 0 Å². The van der Waals surface area contributed by atoms with Gasteiger partial charge in [0.2, 0.25) is 17.7 Å². The second-order valence-electron chi connectivity index (χ2n) is 5.50. The van der Waals surface area contributed by atoms with Gasteiger partial charge in [-0.15, -0.1) is 0 Å². The van der Waals surface area contributed by atoms with E-state index in [1.807, 2.05) is 0 Å². The number of carbonyl (C=O) groups is 4. The second kappa shape index (κ2) is 8.17. The molecule has 7 nitrogen and oxygen atoms in total. The molecule has 2 N–H and O–H groups in total. The number of rotatable bonds is 8. The normalized spacial score (nSPS) is 18.3. The monoisotopic (exact) mass is 327 g/mol. The zero-order valence-corrected chi connectivity index (χ0v) is 13.2. The SMILES string of the molecule is O=C(CCCN1C(=O)CSC1=O)NCCC(=O)NC1CCC1. The summed E-state index contributed by atoms with van der Waals surface area (Å²) in [4.78, 5) is 47.1. The molecule has 2 fully saturated rings. The molecule has 122 valence electrons. The van der Waals surface area contributed by atoms with Crippen LogP contribution in [-0.4, -0.2) is 52.7 Å². The Kier molecular flexibility index (Phi) is 6.23. The van der Waals surface area contributed by atoms with Crippen LogP contribution < -0.4 is 10.6 Å². The van der Waals surface area contributed by atoms with Crippen molar-refractivity contribution in [3.8, 4) is 0 Å². The van der Waals surface area contributed by atoms with Gasteiger partial charge in [-0.25, -0.2) is 0 Å². The molecule has 1 saturated heterocycles. The van der Waals surface area contributed by atoms with E-state index in [1.54, 1.807) is 0 Å². The predicted octanol–water partition coefficient (Wildman–Crippen LogP) is 0.637. The highest BCUT2D eigenvalue weighted by Gasteiger charge is 2.29. The van der Waals surface area contributed by atoms with Gasteiger partial charge in [0.15, 0.2) is 0 Å². The van der Waals surface area contributed by atoms with E-state index in [1.165, 1.54) is 11.3 Å². The lowest BCUT2D eigenvalue weighted by molar-refractivity contribution is -0.126. The van der Waals surface area contributed by atoms with E-state index < -0.39 is 0 Å². The van der Waals surface area contributed by atoms with Gasteiger partial charge in [-0.3, -0.25) is 24.1 Å². The minimum absolute atomic E-state index is 0.0321. The van der Waals surface area contributed by atoms with Gasteiger partial charge in [0.1, 0.15) is 0 Å². The topological polar surface area (TPSA) is 95.6 Å². The molecular formula is C14H21N3O4S. The fraction of sp³-hybridized carbons (Fsp3) is 0.714. The molecule has 1 aliphatic carbocycles. The van der Waals surface area contributed by atoms with Crippen LogP contribution in [0.2, 0.25) is 0 Å². The van der Waals surface area contributed by atoms with Crippen molar-refractivity contribution in [2.24, 2.45) is 0 Å². The molecule has 0 atom stereocenters. The Balaban J connectivity index is 1.51.